The maximum absolute atomic E-state index is 12.8. The number of nitrogens with zero attached hydrogens (tertiary/aromatic N) is 3. The first-order chi connectivity index (χ1) is 10.9. The first-order valence-electron chi connectivity index (χ1n) is 8.98. The number of carbonyl (C=O) groups is 2. The van der Waals surface area contributed by atoms with Gasteiger partial charge in [-0.3, -0.25) is 9.69 Å². The first-order valence-corrected chi connectivity index (χ1v) is 8.98. The molecule has 1 saturated heterocycles. The van der Waals surface area contributed by atoms with Crippen molar-refractivity contribution in [2.24, 2.45) is 0 Å². The van der Waals surface area contributed by atoms with Crippen LogP contribution in [0.3, 0.4) is 0 Å². The van der Waals surface area contributed by atoms with E-state index in [1.165, 1.54) is 0 Å². The van der Waals surface area contributed by atoms with Gasteiger partial charge < -0.3 is 14.5 Å². The lowest BCUT2D eigenvalue weighted by Crippen LogP contribution is -2.57. The van der Waals surface area contributed by atoms with Crippen LogP contribution in [0.15, 0.2) is 0 Å². The molecule has 1 aliphatic rings. The van der Waals surface area contributed by atoms with Crippen LogP contribution < -0.4 is 0 Å². The molecule has 6 nitrogen and oxygen atoms in total. The summed E-state index contributed by atoms with van der Waals surface area (Å²) in [4.78, 5) is 30.7. The Hall–Kier alpha value is -1.30. The van der Waals surface area contributed by atoms with E-state index in [2.05, 4.69) is 4.90 Å². The Bertz CT molecular complexity index is 427. The fraction of sp³-hybridized carbons (Fsp3) is 0.889. The largest absolute Gasteiger partial charge is 0.444 e. The lowest BCUT2D eigenvalue weighted by Gasteiger charge is -2.41. The standard InChI is InChI=1S/C18H35N3O3/c1-13(2)21(14(3)4)16(22)15(5)19-9-11-20(12-10-19)17(23)24-18(6,7)8/h13-15H,9-12H2,1-8H3. The van der Waals surface area contributed by atoms with E-state index in [1.54, 1.807) is 4.90 Å². The van der Waals surface area contributed by atoms with Crippen LogP contribution in [0.2, 0.25) is 0 Å². The van der Waals surface area contributed by atoms with Gasteiger partial charge in [0, 0.05) is 38.3 Å². The number of carbonyl (C=O) groups excluding carboxylic acids is 2. The Balaban J connectivity index is 2.61. The van der Waals surface area contributed by atoms with Crippen LogP contribution in [0.25, 0.3) is 0 Å². The van der Waals surface area contributed by atoms with Crippen molar-refractivity contribution in [1.82, 2.24) is 14.7 Å². The third-order valence-corrected chi connectivity index (χ3v) is 4.24. The van der Waals surface area contributed by atoms with Crippen LogP contribution in [-0.2, 0) is 9.53 Å². The maximum atomic E-state index is 12.8. The van der Waals surface area contributed by atoms with Crippen LogP contribution in [-0.4, -0.2) is 76.6 Å². The highest BCUT2D eigenvalue weighted by Crippen LogP contribution is 2.15. The van der Waals surface area contributed by atoms with Crippen LogP contribution >= 0.6 is 0 Å². The third kappa shape index (κ3) is 5.65. The summed E-state index contributed by atoms with van der Waals surface area (Å²) in [7, 11) is 0. The second kappa shape index (κ2) is 8.19. The van der Waals surface area contributed by atoms with Gasteiger partial charge in [-0.15, -0.1) is 0 Å². The molecular weight excluding hydrogens is 306 g/mol. The third-order valence-electron chi connectivity index (χ3n) is 4.24. The summed E-state index contributed by atoms with van der Waals surface area (Å²) in [5.74, 6) is 0.158. The number of rotatable bonds is 4. The van der Waals surface area contributed by atoms with Gasteiger partial charge in [-0.2, -0.15) is 0 Å². The van der Waals surface area contributed by atoms with Crippen molar-refractivity contribution in [1.29, 1.82) is 0 Å². The molecule has 1 unspecified atom stereocenters. The molecule has 0 bridgehead atoms. The van der Waals surface area contributed by atoms with E-state index in [9.17, 15) is 9.59 Å². The summed E-state index contributed by atoms with van der Waals surface area (Å²) in [6, 6.07) is 0.196. The molecule has 1 atom stereocenters. The molecule has 2 amide bonds. The van der Waals surface area contributed by atoms with Crippen LogP contribution in [0.4, 0.5) is 4.79 Å². The molecule has 0 saturated carbocycles. The van der Waals surface area contributed by atoms with Crippen molar-refractivity contribution >= 4 is 12.0 Å². The van der Waals surface area contributed by atoms with Gasteiger partial charge in [0.25, 0.3) is 0 Å². The van der Waals surface area contributed by atoms with E-state index in [0.717, 1.165) is 0 Å². The lowest BCUT2D eigenvalue weighted by molar-refractivity contribution is -0.140. The minimum Gasteiger partial charge on any atom is -0.444 e. The van der Waals surface area contributed by atoms with Gasteiger partial charge in [0.2, 0.25) is 5.91 Å². The molecule has 0 aromatic heterocycles. The molecule has 0 aliphatic carbocycles. The van der Waals surface area contributed by atoms with E-state index < -0.39 is 5.60 Å². The molecule has 1 rings (SSSR count). The van der Waals surface area contributed by atoms with Gasteiger partial charge in [-0.25, -0.2) is 4.79 Å². The summed E-state index contributed by atoms with van der Waals surface area (Å²) in [5, 5.41) is 0. The van der Waals surface area contributed by atoms with Crippen molar-refractivity contribution in [2.45, 2.75) is 79.1 Å². The van der Waals surface area contributed by atoms with Gasteiger partial charge >= 0.3 is 6.09 Å². The van der Waals surface area contributed by atoms with Crippen LogP contribution in [0, 0.1) is 0 Å². The fourth-order valence-corrected chi connectivity index (χ4v) is 3.10. The lowest BCUT2D eigenvalue weighted by atomic mass is 10.1. The Morgan fingerprint density at radius 2 is 1.38 bits per heavy atom. The minimum atomic E-state index is -0.480. The Morgan fingerprint density at radius 1 is 0.917 bits per heavy atom. The van der Waals surface area contributed by atoms with Crippen molar-refractivity contribution in [2.75, 3.05) is 26.2 Å². The predicted octanol–water partition coefficient (Wildman–Crippen LogP) is 2.57. The van der Waals surface area contributed by atoms with Gasteiger partial charge in [0.05, 0.1) is 6.04 Å². The monoisotopic (exact) mass is 341 g/mol. The highest BCUT2D eigenvalue weighted by molar-refractivity contribution is 5.82. The Kier molecular flexibility index (Phi) is 7.08. The zero-order valence-corrected chi connectivity index (χ0v) is 16.6. The van der Waals surface area contributed by atoms with Gasteiger partial charge in [0.15, 0.2) is 0 Å². The van der Waals surface area contributed by atoms with Crippen molar-refractivity contribution in [3.05, 3.63) is 0 Å². The Morgan fingerprint density at radius 3 is 1.75 bits per heavy atom. The summed E-state index contributed by atoms with van der Waals surface area (Å²) in [6.45, 7) is 18.3. The average Bonchev–Trinajstić information content (AvgIpc) is 2.44. The number of hydrogen-bond acceptors (Lipinski definition) is 4. The van der Waals surface area contributed by atoms with E-state index >= 15 is 0 Å². The molecule has 6 heteroatoms. The molecule has 1 heterocycles. The van der Waals surface area contributed by atoms with Crippen molar-refractivity contribution in [3.63, 3.8) is 0 Å². The molecule has 0 aromatic rings. The van der Waals surface area contributed by atoms with Crippen LogP contribution in [0.1, 0.15) is 55.4 Å². The molecule has 0 N–H and O–H groups in total. The quantitative estimate of drug-likeness (QED) is 0.789. The minimum absolute atomic E-state index is 0.158. The normalized spacial score (nSPS) is 18.0. The van der Waals surface area contributed by atoms with E-state index in [4.69, 9.17) is 4.74 Å². The van der Waals surface area contributed by atoms with E-state index in [0.29, 0.717) is 26.2 Å². The Labute approximate surface area is 147 Å². The van der Waals surface area contributed by atoms with E-state index in [-0.39, 0.29) is 30.1 Å². The molecule has 1 aliphatic heterocycles. The van der Waals surface area contributed by atoms with Gasteiger partial charge in [0.1, 0.15) is 5.60 Å². The molecule has 24 heavy (non-hydrogen) atoms. The summed E-state index contributed by atoms with van der Waals surface area (Å²) < 4.78 is 5.41. The smallest absolute Gasteiger partial charge is 0.410 e. The number of hydrogen-bond donors (Lipinski definition) is 0. The zero-order chi connectivity index (χ0) is 18.7. The average molecular weight is 341 g/mol. The fourth-order valence-electron chi connectivity index (χ4n) is 3.10. The molecular formula is C18H35N3O3. The van der Waals surface area contributed by atoms with Gasteiger partial charge in [-0.1, -0.05) is 0 Å². The highest BCUT2D eigenvalue weighted by Gasteiger charge is 2.32. The van der Waals surface area contributed by atoms with Crippen molar-refractivity contribution in [3.8, 4) is 0 Å². The van der Waals surface area contributed by atoms with Gasteiger partial charge in [-0.05, 0) is 55.4 Å². The molecule has 0 aromatic carbocycles. The number of piperazine rings is 1. The SMILES string of the molecule is CC(C(=O)N(C(C)C)C(C)C)N1CCN(C(=O)OC(C)(C)C)CC1. The van der Waals surface area contributed by atoms with Crippen molar-refractivity contribution < 1.29 is 14.3 Å². The number of amides is 2. The molecule has 0 radical (unpaired) electrons. The second-order valence-corrected chi connectivity index (χ2v) is 8.11. The number of ether oxygens (including phenoxy) is 1. The molecule has 1 fully saturated rings. The topological polar surface area (TPSA) is 53.1 Å². The highest BCUT2D eigenvalue weighted by atomic mass is 16.6. The predicted molar refractivity (Wildman–Crippen MR) is 96.0 cm³/mol. The molecule has 140 valence electrons. The summed E-state index contributed by atoms with van der Waals surface area (Å²) in [6.07, 6.45) is -0.271. The summed E-state index contributed by atoms with van der Waals surface area (Å²) in [5.41, 5.74) is -0.480. The van der Waals surface area contributed by atoms with E-state index in [1.807, 2.05) is 60.3 Å². The summed E-state index contributed by atoms with van der Waals surface area (Å²) >= 11 is 0. The second-order valence-electron chi connectivity index (χ2n) is 8.11. The maximum Gasteiger partial charge on any atom is 0.410 e. The van der Waals surface area contributed by atoms with Crippen LogP contribution in [0.5, 0.6) is 0 Å². The zero-order valence-electron chi connectivity index (χ0n) is 16.6. The molecule has 0 spiro atoms. The first kappa shape index (κ1) is 20.7.